The maximum atomic E-state index is 12.2. The molecule has 0 aliphatic rings. The molecule has 0 bridgehead atoms. The lowest BCUT2D eigenvalue weighted by molar-refractivity contribution is 0.600. The molecule has 9 heteroatoms. The quantitative estimate of drug-likeness (QED) is 0.818. The van der Waals surface area contributed by atoms with Crippen LogP contribution in [0, 0.1) is 0 Å². The molecule has 2 N–H and O–H groups in total. The minimum atomic E-state index is -3.78. The topological polar surface area (TPSA) is 84.0 Å². The number of nitrogens with zero attached hydrogens (tertiary/aromatic N) is 2. The van der Waals surface area contributed by atoms with E-state index in [4.69, 9.17) is 11.6 Å². The third-order valence-electron chi connectivity index (χ3n) is 2.45. The molecule has 1 aromatic heterocycles. The highest BCUT2D eigenvalue weighted by molar-refractivity contribution is 9.10. The van der Waals surface area contributed by atoms with Crippen molar-refractivity contribution in [1.82, 2.24) is 9.97 Å². The minimum Gasteiger partial charge on any atom is -0.355 e. The number of aromatic nitrogens is 2. The predicted octanol–water partition coefficient (Wildman–Crippen LogP) is 3.13. The summed E-state index contributed by atoms with van der Waals surface area (Å²) in [5, 5.41) is 3.18. The van der Waals surface area contributed by atoms with Gasteiger partial charge in [-0.25, -0.2) is 18.4 Å². The van der Waals surface area contributed by atoms with Crippen LogP contribution in [-0.2, 0) is 10.0 Å². The first-order valence-electron chi connectivity index (χ1n) is 5.96. The van der Waals surface area contributed by atoms with Crippen LogP contribution in [0.4, 0.5) is 11.6 Å². The van der Waals surface area contributed by atoms with E-state index in [1.54, 1.807) is 18.2 Å². The van der Waals surface area contributed by atoms with Gasteiger partial charge in [-0.3, -0.25) is 4.72 Å². The maximum Gasteiger partial charge on any atom is 0.265 e. The average Bonchev–Trinajstić information content (AvgIpc) is 2.43. The van der Waals surface area contributed by atoms with E-state index in [1.807, 2.05) is 6.92 Å². The molecular weight excluding hydrogens is 380 g/mol. The number of hydrogen-bond donors (Lipinski definition) is 2. The highest BCUT2D eigenvalue weighted by Gasteiger charge is 2.17. The van der Waals surface area contributed by atoms with Gasteiger partial charge in [0.1, 0.15) is 4.90 Å². The number of anilines is 2. The Morgan fingerprint density at radius 1 is 1.29 bits per heavy atom. The van der Waals surface area contributed by atoms with Gasteiger partial charge in [0.05, 0.1) is 23.1 Å². The molecule has 0 amide bonds. The molecule has 0 saturated carbocycles. The zero-order valence-electron chi connectivity index (χ0n) is 11.0. The van der Waals surface area contributed by atoms with E-state index in [-0.39, 0.29) is 15.6 Å². The van der Waals surface area contributed by atoms with Crippen molar-refractivity contribution in [3.63, 3.8) is 0 Å². The lowest BCUT2D eigenvalue weighted by Gasteiger charge is -2.10. The zero-order chi connectivity index (χ0) is 15.5. The van der Waals surface area contributed by atoms with E-state index in [2.05, 4.69) is 35.9 Å². The molecule has 6 nitrogen and oxygen atoms in total. The van der Waals surface area contributed by atoms with Crippen LogP contribution in [0.2, 0.25) is 5.02 Å². The van der Waals surface area contributed by atoms with Gasteiger partial charge in [-0.15, -0.1) is 0 Å². The van der Waals surface area contributed by atoms with Gasteiger partial charge < -0.3 is 5.32 Å². The molecule has 0 aliphatic carbocycles. The van der Waals surface area contributed by atoms with Crippen molar-refractivity contribution in [2.45, 2.75) is 11.8 Å². The number of nitrogens with one attached hydrogen (secondary N) is 2. The first-order chi connectivity index (χ1) is 9.92. The Labute approximate surface area is 136 Å². The Balaban J connectivity index is 2.25. The smallest absolute Gasteiger partial charge is 0.265 e. The largest absolute Gasteiger partial charge is 0.355 e. The Hall–Kier alpha value is -1.38. The van der Waals surface area contributed by atoms with Gasteiger partial charge in [-0.05, 0) is 25.1 Å². The SMILES string of the molecule is CCNc1ncc(S(=O)(=O)Nc2ccc(Br)cc2Cl)cn1. The van der Waals surface area contributed by atoms with Crippen molar-refractivity contribution in [2.75, 3.05) is 16.6 Å². The van der Waals surface area contributed by atoms with Crippen LogP contribution in [0.5, 0.6) is 0 Å². The molecule has 1 heterocycles. The van der Waals surface area contributed by atoms with Crippen LogP contribution in [-0.4, -0.2) is 24.9 Å². The monoisotopic (exact) mass is 390 g/mol. The number of benzene rings is 1. The highest BCUT2D eigenvalue weighted by atomic mass is 79.9. The molecule has 0 saturated heterocycles. The van der Waals surface area contributed by atoms with E-state index in [0.29, 0.717) is 12.5 Å². The molecule has 21 heavy (non-hydrogen) atoms. The van der Waals surface area contributed by atoms with E-state index in [0.717, 1.165) is 4.47 Å². The van der Waals surface area contributed by atoms with Gasteiger partial charge in [0.25, 0.3) is 10.0 Å². The first-order valence-corrected chi connectivity index (χ1v) is 8.61. The van der Waals surface area contributed by atoms with Crippen molar-refractivity contribution in [2.24, 2.45) is 0 Å². The van der Waals surface area contributed by atoms with E-state index in [9.17, 15) is 8.42 Å². The molecule has 1 aromatic carbocycles. The van der Waals surface area contributed by atoms with Gasteiger partial charge >= 0.3 is 0 Å². The summed E-state index contributed by atoms with van der Waals surface area (Å²) in [5.74, 6) is 0.373. The summed E-state index contributed by atoms with van der Waals surface area (Å²) < 4.78 is 27.6. The molecule has 0 aliphatic heterocycles. The van der Waals surface area contributed by atoms with Crippen molar-refractivity contribution < 1.29 is 8.42 Å². The van der Waals surface area contributed by atoms with Gasteiger partial charge in [-0.2, -0.15) is 0 Å². The Morgan fingerprint density at radius 3 is 2.52 bits per heavy atom. The van der Waals surface area contributed by atoms with Crippen LogP contribution in [0.15, 0.2) is 40.0 Å². The van der Waals surface area contributed by atoms with Gasteiger partial charge in [0.2, 0.25) is 5.95 Å². The summed E-state index contributed by atoms with van der Waals surface area (Å²) in [5.41, 5.74) is 0.288. The third kappa shape index (κ3) is 4.05. The molecule has 0 radical (unpaired) electrons. The predicted molar refractivity (Wildman–Crippen MR) is 86.2 cm³/mol. The fourth-order valence-electron chi connectivity index (χ4n) is 1.48. The Morgan fingerprint density at radius 2 is 1.95 bits per heavy atom. The second kappa shape index (κ2) is 6.59. The Kier molecular flexibility index (Phi) is 5.02. The van der Waals surface area contributed by atoms with Crippen molar-refractivity contribution in [1.29, 1.82) is 0 Å². The molecule has 2 rings (SSSR count). The summed E-state index contributed by atoms with van der Waals surface area (Å²) in [7, 11) is -3.78. The van der Waals surface area contributed by atoms with Crippen molar-refractivity contribution >= 4 is 49.2 Å². The number of sulfonamides is 1. The summed E-state index contributed by atoms with van der Waals surface area (Å²) in [6.45, 7) is 2.55. The van der Waals surface area contributed by atoms with Gasteiger partial charge in [0, 0.05) is 11.0 Å². The van der Waals surface area contributed by atoms with E-state index in [1.165, 1.54) is 12.4 Å². The summed E-state index contributed by atoms with van der Waals surface area (Å²) >= 11 is 9.25. The van der Waals surface area contributed by atoms with Crippen molar-refractivity contribution in [3.05, 3.63) is 40.1 Å². The highest BCUT2D eigenvalue weighted by Crippen LogP contribution is 2.27. The summed E-state index contributed by atoms with van der Waals surface area (Å²) in [4.78, 5) is 7.82. The number of rotatable bonds is 5. The van der Waals surface area contributed by atoms with Crippen LogP contribution >= 0.6 is 27.5 Å². The maximum absolute atomic E-state index is 12.2. The summed E-state index contributed by atoms with van der Waals surface area (Å²) in [6, 6.07) is 4.86. The third-order valence-corrected chi connectivity index (χ3v) is 4.57. The van der Waals surface area contributed by atoms with Crippen LogP contribution < -0.4 is 10.0 Å². The second-order valence-electron chi connectivity index (χ2n) is 4.00. The second-order valence-corrected chi connectivity index (χ2v) is 7.01. The lowest BCUT2D eigenvalue weighted by Crippen LogP contribution is -2.14. The number of hydrogen-bond acceptors (Lipinski definition) is 5. The van der Waals surface area contributed by atoms with Crippen LogP contribution in [0.1, 0.15) is 6.92 Å². The van der Waals surface area contributed by atoms with Crippen LogP contribution in [0.25, 0.3) is 0 Å². The molecule has 0 spiro atoms. The van der Waals surface area contributed by atoms with Gasteiger partial charge in [-0.1, -0.05) is 27.5 Å². The fraction of sp³-hybridized carbons (Fsp3) is 0.167. The van der Waals surface area contributed by atoms with Crippen LogP contribution in [0.3, 0.4) is 0 Å². The lowest BCUT2D eigenvalue weighted by atomic mass is 10.3. The summed E-state index contributed by atoms with van der Waals surface area (Å²) in [6.07, 6.45) is 2.47. The van der Waals surface area contributed by atoms with Gasteiger partial charge in [0.15, 0.2) is 0 Å². The zero-order valence-corrected chi connectivity index (χ0v) is 14.1. The molecule has 0 unspecified atom stereocenters. The minimum absolute atomic E-state index is 0.0388. The normalized spacial score (nSPS) is 11.2. The number of halogens is 2. The average molecular weight is 392 g/mol. The standard InChI is InChI=1S/C12H12BrClN4O2S/c1-2-15-12-16-6-9(7-17-12)21(19,20)18-11-4-3-8(13)5-10(11)14/h3-7,18H,2H2,1H3,(H,15,16,17). The molecular formula is C12H12BrClN4O2S. The van der Waals surface area contributed by atoms with E-state index < -0.39 is 10.0 Å². The van der Waals surface area contributed by atoms with E-state index >= 15 is 0 Å². The fourth-order valence-corrected chi connectivity index (χ4v) is 3.23. The van der Waals surface area contributed by atoms with Crippen molar-refractivity contribution in [3.8, 4) is 0 Å². The molecule has 2 aromatic rings. The molecule has 112 valence electrons. The molecule has 0 fully saturated rings. The Bertz CT molecular complexity index is 737. The first kappa shape index (κ1) is 16.0. The molecule has 0 atom stereocenters.